The van der Waals surface area contributed by atoms with Crippen molar-refractivity contribution in [1.29, 1.82) is 0 Å². The quantitative estimate of drug-likeness (QED) is 0.913. The minimum absolute atomic E-state index is 0.00821. The molecule has 1 aromatic rings. The molecule has 1 N–H and O–H groups in total. The molecule has 0 spiro atoms. The van der Waals surface area contributed by atoms with Crippen LogP contribution in [-0.2, 0) is 11.2 Å². The summed E-state index contributed by atoms with van der Waals surface area (Å²) < 4.78 is 31.5. The Labute approximate surface area is 129 Å². The van der Waals surface area contributed by atoms with Crippen molar-refractivity contribution in [2.24, 2.45) is 0 Å². The molecule has 1 atom stereocenters. The first-order chi connectivity index (χ1) is 10.2. The second-order valence-corrected chi connectivity index (χ2v) is 6.53. The van der Waals surface area contributed by atoms with Crippen LogP contribution in [0, 0.1) is 11.6 Å². The molecule has 1 aliphatic heterocycles. The third-order valence-corrected chi connectivity index (χ3v) is 3.37. The van der Waals surface area contributed by atoms with Crippen molar-refractivity contribution >= 4 is 6.09 Å². The molecular weight excluding hydrogens is 290 g/mol. The molecule has 0 bridgehead atoms. The predicted octanol–water partition coefficient (Wildman–Crippen LogP) is 2.72. The SMILES string of the molecule is CC(C)(C)OC(=O)N1CCN[C@H](Cc2ccc(F)c(F)c2)C1. The van der Waals surface area contributed by atoms with Crippen LogP contribution in [-0.4, -0.2) is 42.3 Å². The lowest BCUT2D eigenvalue weighted by molar-refractivity contribution is 0.0195. The zero-order valence-corrected chi connectivity index (χ0v) is 13.2. The minimum atomic E-state index is -0.851. The number of benzene rings is 1. The van der Waals surface area contributed by atoms with Crippen LogP contribution in [0.3, 0.4) is 0 Å². The highest BCUT2D eigenvalue weighted by Gasteiger charge is 2.27. The highest BCUT2D eigenvalue weighted by atomic mass is 19.2. The van der Waals surface area contributed by atoms with Gasteiger partial charge in [0.1, 0.15) is 5.60 Å². The van der Waals surface area contributed by atoms with Crippen LogP contribution >= 0.6 is 0 Å². The Morgan fingerprint density at radius 3 is 2.73 bits per heavy atom. The maximum Gasteiger partial charge on any atom is 0.410 e. The Kier molecular flexibility index (Phi) is 5.01. The van der Waals surface area contributed by atoms with Gasteiger partial charge >= 0.3 is 6.09 Å². The van der Waals surface area contributed by atoms with Crippen LogP contribution in [0.5, 0.6) is 0 Å². The van der Waals surface area contributed by atoms with Gasteiger partial charge in [0.2, 0.25) is 0 Å². The summed E-state index contributed by atoms with van der Waals surface area (Å²) in [5.41, 5.74) is 0.166. The van der Waals surface area contributed by atoms with Crippen molar-refractivity contribution in [3.05, 3.63) is 35.4 Å². The lowest BCUT2D eigenvalue weighted by Gasteiger charge is -2.35. The highest BCUT2D eigenvalue weighted by molar-refractivity contribution is 5.68. The summed E-state index contributed by atoms with van der Waals surface area (Å²) in [6, 6.07) is 3.88. The molecule has 1 heterocycles. The van der Waals surface area contributed by atoms with E-state index in [1.165, 1.54) is 6.07 Å². The fraction of sp³-hybridized carbons (Fsp3) is 0.562. The smallest absolute Gasteiger partial charge is 0.410 e. The number of rotatable bonds is 2. The molecule has 1 aliphatic rings. The van der Waals surface area contributed by atoms with Crippen molar-refractivity contribution in [1.82, 2.24) is 10.2 Å². The van der Waals surface area contributed by atoms with Crippen LogP contribution in [0.4, 0.5) is 13.6 Å². The largest absolute Gasteiger partial charge is 0.444 e. The number of halogens is 2. The summed E-state index contributed by atoms with van der Waals surface area (Å²) in [6.45, 7) is 7.17. The Bertz CT molecular complexity index is 543. The van der Waals surface area contributed by atoms with E-state index >= 15 is 0 Å². The van der Waals surface area contributed by atoms with E-state index in [9.17, 15) is 13.6 Å². The van der Waals surface area contributed by atoms with Gasteiger partial charge in [-0.1, -0.05) is 6.07 Å². The summed E-state index contributed by atoms with van der Waals surface area (Å²) in [5, 5.41) is 3.28. The van der Waals surface area contributed by atoms with Gasteiger partial charge in [-0.2, -0.15) is 0 Å². The summed E-state index contributed by atoms with van der Waals surface area (Å²) in [7, 11) is 0. The lowest BCUT2D eigenvalue weighted by atomic mass is 10.0. The fourth-order valence-corrected chi connectivity index (χ4v) is 2.41. The number of hydrogen-bond donors (Lipinski definition) is 1. The van der Waals surface area contributed by atoms with Gasteiger partial charge in [-0.15, -0.1) is 0 Å². The normalized spacial score (nSPS) is 19.1. The van der Waals surface area contributed by atoms with Crippen LogP contribution < -0.4 is 5.32 Å². The van der Waals surface area contributed by atoms with E-state index in [0.717, 1.165) is 6.07 Å². The van der Waals surface area contributed by atoms with Crippen molar-refractivity contribution in [2.75, 3.05) is 19.6 Å². The average molecular weight is 312 g/mol. The minimum Gasteiger partial charge on any atom is -0.444 e. The van der Waals surface area contributed by atoms with Crippen molar-refractivity contribution in [3.63, 3.8) is 0 Å². The van der Waals surface area contributed by atoms with Crippen LogP contribution in [0.2, 0.25) is 0 Å². The highest BCUT2D eigenvalue weighted by Crippen LogP contribution is 2.15. The topological polar surface area (TPSA) is 41.6 Å². The second-order valence-electron chi connectivity index (χ2n) is 6.53. The molecule has 122 valence electrons. The van der Waals surface area contributed by atoms with Crippen LogP contribution in [0.25, 0.3) is 0 Å². The van der Waals surface area contributed by atoms with Gasteiger partial charge in [-0.3, -0.25) is 0 Å². The lowest BCUT2D eigenvalue weighted by Crippen LogP contribution is -2.54. The molecule has 0 radical (unpaired) electrons. The number of nitrogens with zero attached hydrogens (tertiary/aromatic N) is 1. The molecule has 1 amide bonds. The van der Waals surface area contributed by atoms with Gasteiger partial charge in [-0.05, 0) is 44.9 Å². The van der Waals surface area contributed by atoms with Crippen LogP contribution in [0.1, 0.15) is 26.3 Å². The molecule has 1 aromatic carbocycles. The third kappa shape index (κ3) is 4.66. The van der Waals surface area contributed by atoms with Gasteiger partial charge in [-0.25, -0.2) is 13.6 Å². The standard InChI is InChI=1S/C16H22F2N2O2/c1-16(2,3)22-15(21)20-7-6-19-12(10-20)8-11-4-5-13(17)14(18)9-11/h4-5,9,12,19H,6-8,10H2,1-3H3/t12-/m1/s1. The monoisotopic (exact) mass is 312 g/mol. The summed E-state index contributed by atoms with van der Waals surface area (Å²) in [5.74, 6) is -1.70. The van der Waals surface area contributed by atoms with Gasteiger partial charge in [0.05, 0.1) is 0 Å². The predicted molar refractivity (Wildman–Crippen MR) is 79.7 cm³/mol. The summed E-state index contributed by atoms with van der Waals surface area (Å²) in [4.78, 5) is 13.7. The maximum atomic E-state index is 13.2. The number of amides is 1. The van der Waals surface area contributed by atoms with Crippen molar-refractivity contribution < 1.29 is 18.3 Å². The Balaban J connectivity index is 1.95. The molecule has 0 unspecified atom stereocenters. The van der Waals surface area contributed by atoms with Gasteiger partial charge in [0.15, 0.2) is 11.6 Å². The number of piperazine rings is 1. The molecule has 22 heavy (non-hydrogen) atoms. The maximum absolute atomic E-state index is 13.2. The van der Waals surface area contributed by atoms with Gasteiger partial charge in [0, 0.05) is 25.7 Å². The molecular formula is C16H22F2N2O2. The zero-order chi connectivity index (χ0) is 16.3. The Hall–Kier alpha value is -1.69. The third-order valence-electron chi connectivity index (χ3n) is 3.37. The number of nitrogens with one attached hydrogen (secondary N) is 1. The average Bonchev–Trinajstić information content (AvgIpc) is 2.41. The summed E-state index contributed by atoms with van der Waals surface area (Å²) in [6.07, 6.45) is 0.181. The molecule has 0 saturated carbocycles. The van der Waals surface area contributed by atoms with E-state index in [1.807, 2.05) is 20.8 Å². The molecule has 1 saturated heterocycles. The number of carbonyl (C=O) groups excluding carboxylic acids is 1. The number of hydrogen-bond acceptors (Lipinski definition) is 3. The van der Waals surface area contributed by atoms with E-state index < -0.39 is 17.2 Å². The molecule has 4 nitrogen and oxygen atoms in total. The van der Waals surface area contributed by atoms with E-state index in [0.29, 0.717) is 31.6 Å². The van der Waals surface area contributed by atoms with E-state index in [1.54, 1.807) is 11.0 Å². The second kappa shape index (κ2) is 6.60. The van der Waals surface area contributed by atoms with Gasteiger partial charge in [0.25, 0.3) is 0 Å². The first kappa shape index (κ1) is 16.7. The summed E-state index contributed by atoms with van der Waals surface area (Å²) >= 11 is 0. The molecule has 6 heteroatoms. The van der Waals surface area contributed by atoms with Crippen LogP contribution in [0.15, 0.2) is 18.2 Å². The first-order valence-corrected chi connectivity index (χ1v) is 7.40. The van der Waals surface area contributed by atoms with Crippen molar-refractivity contribution in [3.8, 4) is 0 Å². The zero-order valence-electron chi connectivity index (χ0n) is 13.2. The molecule has 0 aliphatic carbocycles. The Morgan fingerprint density at radius 1 is 1.36 bits per heavy atom. The van der Waals surface area contributed by atoms with E-state index in [4.69, 9.17) is 4.74 Å². The number of ether oxygens (including phenoxy) is 1. The van der Waals surface area contributed by atoms with Crippen molar-refractivity contribution in [2.45, 2.75) is 38.8 Å². The first-order valence-electron chi connectivity index (χ1n) is 7.40. The molecule has 0 aromatic heterocycles. The Morgan fingerprint density at radius 2 is 2.09 bits per heavy atom. The molecule has 2 rings (SSSR count). The fourth-order valence-electron chi connectivity index (χ4n) is 2.41. The number of carbonyl (C=O) groups is 1. The van der Waals surface area contributed by atoms with Gasteiger partial charge < -0.3 is 15.0 Å². The molecule has 1 fully saturated rings. The van der Waals surface area contributed by atoms with E-state index in [-0.39, 0.29) is 12.1 Å². The van der Waals surface area contributed by atoms with E-state index in [2.05, 4.69) is 5.32 Å².